The van der Waals surface area contributed by atoms with E-state index in [1.165, 1.54) is 18.7 Å². The molecule has 0 bridgehead atoms. The van der Waals surface area contributed by atoms with Gasteiger partial charge >= 0.3 is 5.69 Å². The Morgan fingerprint density at radius 3 is 2.85 bits per heavy atom. The Balaban J connectivity index is 1.81. The number of halogens is 1. The van der Waals surface area contributed by atoms with Crippen LogP contribution in [0.3, 0.4) is 0 Å². The summed E-state index contributed by atoms with van der Waals surface area (Å²) >= 11 is 0. The molecule has 0 radical (unpaired) electrons. The lowest BCUT2D eigenvalue weighted by atomic mass is 9.95. The summed E-state index contributed by atoms with van der Waals surface area (Å²) in [6.45, 7) is -0.892. The van der Waals surface area contributed by atoms with E-state index < -0.39 is 36.5 Å². The lowest BCUT2D eigenvalue weighted by Crippen LogP contribution is -2.43. The van der Waals surface area contributed by atoms with Gasteiger partial charge in [-0.15, -0.1) is 0 Å². The van der Waals surface area contributed by atoms with Crippen molar-refractivity contribution in [3.05, 3.63) is 22.7 Å². The first-order valence-corrected chi connectivity index (χ1v) is 8.56. The maximum atomic E-state index is 14.5. The summed E-state index contributed by atoms with van der Waals surface area (Å²) in [5, 5.41) is 25.9. The molecule has 4 N–H and O–H groups in total. The van der Waals surface area contributed by atoms with Crippen LogP contribution in [-0.4, -0.2) is 50.4 Å². The molecule has 0 unspecified atom stereocenters. The number of aromatic nitrogens is 2. The van der Waals surface area contributed by atoms with Gasteiger partial charge in [0.05, 0.1) is 0 Å². The fourth-order valence-corrected chi connectivity index (χ4v) is 3.43. The number of alkyl halides is 1. The third-order valence-electron chi connectivity index (χ3n) is 4.87. The van der Waals surface area contributed by atoms with Crippen LogP contribution in [0.15, 0.2) is 22.2 Å². The number of hydrogen-bond donors (Lipinski definition) is 4. The maximum absolute atomic E-state index is 14.5. The zero-order chi connectivity index (χ0) is 18.7. The molecule has 10 nitrogen and oxygen atoms in total. The molecule has 2 aliphatic rings. The van der Waals surface area contributed by atoms with Gasteiger partial charge in [-0.1, -0.05) is 19.3 Å². The summed E-state index contributed by atoms with van der Waals surface area (Å²) in [5.41, 5.74) is 3.88. The second-order valence-corrected chi connectivity index (χ2v) is 6.58. The van der Waals surface area contributed by atoms with E-state index in [0.29, 0.717) is 5.82 Å². The van der Waals surface area contributed by atoms with E-state index in [1.807, 2.05) is 0 Å². The van der Waals surface area contributed by atoms with Crippen molar-refractivity contribution in [2.24, 2.45) is 5.11 Å². The highest BCUT2D eigenvalue weighted by Gasteiger charge is 2.60. The lowest BCUT2D eigenvalue weighted by Gasteiger charge is -2.23. The van der Waals surface area contributed by atoms with Crippen LogP contribution < -0.4 is 15.9 Å². The smallest absolute Gasteiger partial charge is 0.351 e. The summed E-state index contributed by atoms with van der Waals surface area (Å²) in [5.74, 6) is 0.395. The zero-order valence-electron chi connectivity index (χ0n) is 14.1. The average molecular weight is 369 g/mol. The molecule has 1 saturated heterocycles. The summed E-state index contributed by atoms with van der Waals surface area (Å²) in [6, 6.07) is 1.79. The molecular formula is C15H22FN6O4+. The van der Waals surface area contributed by atoms with Gasteiger partial charge in [0, 0.05) is 12.2 Å². The monoisotopic (exact) mass is 369 g/mol. The topological polar surface area (TPSA) is 147 Å². The van der Waals surface area contributed by atoms with Crippen LogP contribution in [0.2, 0.25) is 0 Å². The number of nitrogens with zero attached hydrogens (tertiary/aromatic N) is 4. The van der Waals surface area contributed by atoms with E-state index in [4.69, 9.17) is 10.3 Å². The van der Waals surface area contributed by atoms with Crippen molar-refractivity contribution in [2.75, 3.05) is 11.9 Å². The number of anilines is 1. The number of nitrogens with one attached hydrogen (secondary N) is 2. The highest BCUT2D eigenvalue weighted by molar-refractivity contribution is 5.33. The molecule has 2 fully saturated rings. The Morgan fingerprint density at radius 1 is 1.50 bits per heavy atom. The van der Waals surface area contributed by atoms with Gasteiger partial charge in [-0.2, -0.15) is 4.98 Å². The lowest BCUT2D eigenvalue weighted by molar-refractivity contribution is -0.128. The highest BCUT2D eigenvalue weighted by Crippen LogP contribution is 2.39. The summed E-state index contributed by atoms with van der Waals surface area (Å²) in [4.78, 5) is 18.9. The third kappa shape index (κ3) is 3.38. The molecule has 1 aliphatic heterocycles. The number of hydrogen-bond acceptors (Lipinski definition) is 8. The zero-order valence-corrected chi connectivity index (χ0v) is 14.1. The molecule has 1 aromatic heterocycles. The minimum Gasteiger partial charge on any atom is -0.391 e. The number of aliphatic hydroxyl groups excluding tert-OH is 2. The van der Waals surface area contributed by atoms with E-state index >= 15 is 0 Å². The molecular weight excluding hydrogens is 347 g/mol. The Labute approximate surface area is 148 Å². The Kier molecular flexibility index (Phi) is 5.42. The van der Waals surface area contributed by atoms with E-state index in [-0.39, 0.29) is 6.04 Å². The molecule has 3 rings (SSSR count). The molecule has 0 spiro atoms. The highest BCUT2D eigenvalue weighted by atomic mass is 19.1. The standard InChI is InChI=1S/C15H21FN6O4/c16-11-12(24)15(8-23,20-21-17)26-13(11)22-7-6-10(19-14(22)25)18-9-4-2-1-3-5-9/h6-7,9,11-13,17,23-24H,1-5,8H2/p+1/t11-,12-,13+,15+/m0/s1. The van der Waals surface area contributed by atoms with Crippen molar-refractivity contribution in [3.8, 4) is 0 Å². The Morgan fingerprint density at radius 2 is 2.23 bits per heavy atom. The van der Waals surface area contributed by atoms with Crippen molar-refractivity contribution in [2.45, 2.75) is 62.4 Å². The quantitative estimate of drug-likeness (QED) is 0.438. The number of ether oxygens (including phenoxy) is 1. The second kappa shape index (κ2) is 7.58. The molecule has 1 saturated carbocycles. The van der Waals surface area contributed by atoms with Gasteiger partial charge in [-0.25, -0.2) is 9.18 Å². The second-order valence-electron chi connectivity index (χ2n) is 6.58. The molecule has 0 aromatic carbocycles. The summed E-state index contributed by atoms with van der Waals surface area (Å²) in [6.07, 6.45) is 1.32. The van der Waals surface area contributed by atoms with Crippen LogP contribution in [0.1, 0.15) is 38.3 Å². The fourth-order valence-electron chi connectivity index (χ4n) is 3.43. The molecule has 26 heavy (non-hydrogen) atoms. The minimum atomic E-state index is -2.12. The maximum Gasteiger partial charge on any atom is 0.351 e. The van der Waals surface area contributed by atoms with Crippen LogP contribution in [0, 0.1) is 5.53 Å². The fraction of sp³-hybridized carbons (Fsp3) is 0.733. The summed E-state index contributed by atoms with van der Waals surface area (Å²) in [7, 11) is 0. The van der Waals surface area contributed by atoms with Gasteiger partial charge in [-0.05, 0) is 18.9 Å². The minimum absolute atomic E-state index is 0.254. The molecule has 2 heterocycles. The van der Waals surface area contributed by atoms with Gasteiger partial charge in [0.1, 0.15) is 24.1 Å². The van der Waals surface area contributed by atoms with Crippen molar-refractivity contribution >= 4 is 5.82 Å². The van der Waals surface area contributed by atoms with Crippen molar-refractivity contribution in [1.82, 2.24) is 14.5 Å². The van der Waals surface area contributed by atoms with E-state index in [0.717, 1.165) is 30.3 Å². The van der Waals surface area contributed by atoms with Crippen LogP contribution in [0.4, 0.5) is 10.2 Å². The SMILES string of the molecule is N=[N+]=N[C@]1(CO)O[C@@H](n2ccc(NC3CCCCC3)nc2=O)[C@@H](F)[C@@H]1O. The van der Waals surface area contributed by atoms with Crippen LogP contribution in [-0.2, 0) is 4.74 Å². The van der Waals surface area contributed by atoms with Crippen molar-refractivity contribution in [3.63, 3.8) is 0 Å². The molecule has 142 valence electrons. The predicted octanol–water partition coefficient (Wildman–Crippen LogP) is 0.455. The summed E-state index contributed by atoms with van der Waals surface area (Å²) < 4.78 is 20.6. The molecule has 4 atom stereocenters. The molecule has 11 heteroatoms. The van der Waals surface area contributed by atoms with E-state index in [9.17, 15) is 19.4 Å². The van der Waals surface area contributed by atoms with E-state index in [2.05, 4.69) is 20.3 Å². The normalized spacial score (nSPS) is 32.2. The Bertz CT molecular complexity index is 748. The first kappa shape index (κ1) is 18.6. The van der Waals surface area contributed by atoms with E-state index in [1.54, 1.807) is 0 Å². The molecule has 0 amide bonds. The van der Waals surface area contributed by atoms with Crippen molar-refractivity contribution in [1.29, 1.82) is 5.53 Å². The largest absolute Gasteiger partial charge is 0.391 e. The number of rotatable bonds is 5. The van der Waals surface area contributed by atoms with Gasteiger partial charge in [-0.3, -0.25) is 4.57 Å². The van der Waals surface area contributed by atoms with Crippen molar-refractivity contribution < 1.29 is 19.3 Å². The van der Waals surface area contributed by atoms with Crippen LogP contribution >= 0.6 is 0 Å². The first-order chi connectivity index (χ1) is 12.5. The molecule has 1 aliphatic carbocycles. The van der Waals surface area contributed by atoms with Crippen LogP contribution in [0.5, 0.6) is 0 Å². The van der Waals surface area contributed by atoms with Gasteiger partial charge in [0.2, 0.25) is 4.91 Å². The first-order valence-electron chi connectivity index (χ1n) is 8.56. The van der Waals surface area contributed by atoms with Crippen LogP contribution in [0.25, 0.3) is 0 Å². The predicted molar refractivity (Wildman–Crippen MR) is 87.1 cm³/mol. The average Bonchev–Trinajstić information content (AvgIpc) is 2.89. The van der Waals surface area contributed by atoms with Gasteiger partial charge in [0.25, 0.3) is 5.72 Å². The third-order valence-corrected chi connectivity index (χ3v) is 4.87. The molecule has 1 aromatic rings. The Hall–Kier alpha value is -2.20. The van der Waals surface area contributed by atoms with Gasteiger partial charge in [0.15, 0.2) is 17.5 Å². The van der Waals surface area contributed by atoms with Gasteiger partial charge < -0.3 is 20.3 Å². The number of aliphatic hydroxyl groups is 2.